The summed E-state index contributed by atoms with van der Waals surface area (Å²) < 4.78 is 13.2. The molecule has 0 spiro atoms. The highest BCUT2D eigenvalue weighted by molar-refractivity contribution is 6.22. The Labute approximate surface area is 148 Å². The lowest BCUT2D eigenvalue weighted by atomic mass is 9.65. The van der Waals surface area contributed by atoms with Crippen LogP contribution in [0.3, 0.4) is 0 Å². The fourth-order valence-corrected chi connectivity index (χ4v) is 5.60. The highest BCUT2D eigenvalue weighted by Gasteiger charge is 2.54. The number of carbonyl (C=O) groups is 2. The van der Waals surface area contributed by atoms with E-state index in [1.54, 1.807) is 0 Å². The first-order valence-corrected chi connectivity index (χ1v) is 9.06. The molecule has 3 atom stereocenters. The van der Waals surface area contributed by atoms with E-state index in [2.05, 4.69) is 25.7 Å². The van der Waals surface area contributed by atoms with Crippen molar-refractivity contribution in [2.24, 2.45) is 10.8 Å². The molecule has 1 saturated carbocycles. The number of amides is 2. The maximum absolute atomic E-state index is 13.2. The molecule has 3 aliphatic rings. The van der Waals surface area contributed by atoms with E-state index in [1.807, 2.05) is 0 Å². The lowest BCUT2D eigenvalue weighted by molar-refractivity contribution is -0.123. The lowest BCUT2D eigenvalue weighted by Crippen LogP contribution is -2.45. The van der Waals surface area contributed by atoms with Crippen molar-refractivity contribution in [2.75, 3.05) is 11.4 Å². The molecule has 2 aliphatic heterocycles. The Morgan fingerprint density at radius 3 is 2.44 bits per heavy atom. The van der Waals surface area contributed by atoms with Gasteiger partial charge in [-0.2, -0.15) is 0 Å². The predicted molar refractivity (Wildman–Crippen MR) is 93.5 cm³/mol. The van der Waals surface area contributed by atoms with Crippen molar-refractivity contribution in [3.8, 4) is 0 Å². The second kappa shape index (κ2) is 5.37. The standard InChI is InChI=1S/C20H25FN2O2/c1-19(2)9-15-10-20(3,11-19)12-22(15)16-8-17(24)23(18(16)25)14-6-4-13(21)5-7-14/h4-7,15-16H,8-12H2,1-3H3/t15-,16-,20+/m1/s1. The number of rotatable bonds is 2. The molecule has 0 unspecified atom stereocenters. The van der Waals surface area contributed by atoms with Gasteiger partial charge in [-0.05, 0) is 54.4 Å². The first-order valence-electron chi connectivity index (χ1n) is 9.06. The van der Waals surface area contributed by atoms with Gasteiger partial charge >= 0.3 is 0 Å². The SMILES string of the molecule is CC1(C)C[C@@H]2C[C@](C)(CN2[C@@H]2CC(=O)N(c3ccc(F)cc3)C2=O)C1. The van der Waals surface area contributed by atoms with Gasteiger partial charge < -0.3 is 0 Å². The van der Waals surface area contributed by atoms with E-state index in [0.29, 0.717) is 11.7 Å². The van der Waals surface area contributed by atoms with E-state index in [0.717, 1.165) is 25.8 Å². The van der Waals surface area contributed by atoms with E-state index in [1.165, 1.54) is 29.2 Å². The zero-order valence-corrected chi connectivity index (χ0v) is 15.1. The number of nitrogens with zero attached hydrogens (tertiary/aromatic N) is 2. The minimum atomic E-state index is -0.377. The van der Waals surface area contributed by atoms with Crippen molar-refractivity contribution in [3.05, 3.63) is 30.1 Å². The van der Waals surface area contributed by atoms with Crippen LogP contribution in [-0.4, -0.2) is 35.3 Å². The summed E-state index contributed by atoms with van der Waals surface area (Å²) in [5.41, 5.74) is 0.959. The van der Waals surface area contributed by atoms with Crippen LogP contribution in [0.2, 0.25) is 0 Å². The second-order valence-electron chi connectivity index (χ2n) is 9.15. The monoisotopic (exact) mass is 344 g/mol. The number of hydrogen-bond acceptors (Lipinski definition) is 3. The number of likely N-dealkylation sites (tertiary alicyclic amines) is 1. The molecular formula is C20H25FN2O2. The van der Waals surface area contributed by atoms with Crippen LogP contribution < -0.4 is 4.90 Å². The van der Waals surface area contributed by atoms with Crippen LogP contribution in [0.5, 0.6) is 0 Å². The van der Waals surface area contributed by atoms with Crippen LogP contribution in [0.25, 0.3) is 0 Å². The maximum Gasteiger partial charge on any atom is 0.251 e. The minimum absolute atomic E-state index is 0.162. The fourth-order valence-electron chi connectivity index (χ4n) is 5.60. The molecule has 5 heteroatoms. The average molecular weight is 344 g/mol. The molecule has 2 bridgehead atoms. The number of fused-ring (bicyclic) bond motifs is 2. The summed E-state index contributed by atoms with van der Waals surface area (Å²) in [6.07, 6.45) is 3.55. The second-order valence-corrected chi connectivity index (χ2v) is 9.15. The summed E-state index contributed by atoms with van der Waals surface area (Å²) in [6, 6.07) is 5.56. The molecule has 0 N–H and O–H groups in total. The number of benzene rings is 1. The molecule has 1 aliphatic carbocycles. The Kier molecular flexibility index (Phi) is 3.59. The first kappa shape index (κ1) is 16.7. The van der Waals surface area contributed by atoms with Gasteiger partial charge in [0.25, 0.3) is 5.91 Å². The summed E-state index contributed by atoms with van der Waals surface area (Å²) >= 11 is 0. The Hall–Kier alpha value is -1.75. The average Bonchev–Trinajstić information content (AvgIpc) is 2.92. The molecule has 1 aromatic carbocycles. The number of imide groups is 1. The van der Waals surface area contributed by atoms with Crippen LogP contribution in [0, 0.1) is 16.6 Å². The van der Waals surface area contributed by atoms with Crippen LogP contribution >= 0.6 is 0 Å². The van der Waals surface area contributed by atoms with Crippen LogP contribution in [0.1, 0.15) is 46.5 Å². The Morgan fingerprint density at radius 2 is 1.76 bits per heavy atom. The molecule has 4 rings (SSSR count). The smallest absolute Gasteiger partial charge is 0.251 e. The van der Waals surface area contributed by atoms with E-state index in [-0.39, 0.29) is 40.9 Å². The molecule has 134 valence electrons. The van der Waals surface area contributed by atoms with Gasteiger partial charge in [0.05, 0.1) is 18.2 Å². The van der Waals surface area contributed by atoms with Crippen molar-refractivity contribution in [3.63, 3.8) is 0 Å². The zero-order chi connectivity index (χ0) is 18.0. The lowest BCUT2D eigenvalue weighted by Gasteiger charge is -2.40. The van der Waals surface area contributed by atoms with Crippen LogP contribution in [-0.2, 0) is 9.59 Å². The first-order chi connectivity index (χ1) is 11.7. The van der Waals surface area contributed by atoms with Gasteiger partial charge in [0, 0.05) is 12.6 Å². The van der Waals surface area contributed by atoms with Gasteiger partial charge in [-0.15, -0.1) is 0 Å². The van der Waals surface area contributed by atoms with E-state index in [9.17, 15) is 14.0 Å². The number of carbonyl (C=O) groups excluding carboxylic acids is 2. The highest BCUT2D eigenvalue weighted by atomic mass is 19.1. The molecular weight excluding hydrogens is 319 g/mol. The van der Waals surface area contributed by atoms with E-state index < -0.39 is 0 Å². The van der Waals surface area contributed by atoms with Gasteiger partial charge in [-0.25, -0.2) is 9.29 Å². The maximum atomic E-state index is 13.2. The fraction of sp³-hybridized carbons (Fsp3) is 0.600. The summed E-state index contributed by atoms with van der Waals surface area (Å²) in [4.78, 5) is 29.0. The van der Waals surface area contributed by atoms with Crippen molar-refractivity contribution in [1.29, 1.82) is 0 Å². The highest BCUT2D eigenvalue weighted by Crippen LogP contribution is 2.53. The third-order valence-corrected chi connectivity index (χ3v) is 6.06. The third kappa shape index (κ3) is 2.78. The number of hydrogen-bond donors (Lipinski definition) is 0. The normalized spacial score (nSPS) is 34.8. The zero-order valence-electron chi connectivity index (χ0n) is 15.1. The molecule has 2 amide bonds. The third-order valence-electron chi connectivity index (χ3n) is 6.06. The number of halogens is 1. The van der Waals surface area contributed by atoms with Gasteiger partial charge in [0.2, 0.25) is 5.91 Å². The number of anilines is 1. The largest absolute Gasteiger partial charge is 0.288 e. The molecule has 3 fully saturated rings. The van der Waals surface area contributed by atoms with Crippen molar-refractivity contribution >= 4 is 17.5 Å². The van der Waals surface area contributed by atoms with Crippen molar-refractivity contribution in [2.45, 2.75) is 58.5 Å². The van der Waals surface area contributed by atoms with Gasteiger partial charge in [0.15, 0.2) is 0 Å². The Bertz CT molecular complexity index is 730. The van der Waals surface area contributed by atoms with Gasteiger partial charge in [0.1, 0.15) is 5.82 Å². The quantitative estimate of drug-likeness (QED) is 0.773. The molecule has 0 aromatic heterocycles. The summed E-state index contributed by atoms with van der Waals surface area (Å²) in [5, 5.41) is 0. The molecule has 2 saturated heterocycles. The molecule has 25 heavy (non-hydrogen) atoms. The molecule has 4 nitrogen and oxygen atoms in total. The summed E-state index contributed by atoms with van der Waals surface area (Å²) in [6.45, 7) is 7.78. The molecule has 0 radical (unpaired) electrons. The summed E-state index contributed by atoms with van der Waals surface area (Å²) in [7, 11) is 0. The minimum Gasteiger partial charge on any atom is -0.288 e. The summed E-state index contributed by atoms with van der Waals surface area (Å²) in [5.74, 6) is -0.721. The van der Waals surface area contributed by atoms with Crippen molar-refractivity contribution < 1.29 is 14.0 Å². The van der Waals surface area contributed by atoms with Crippen LogP contribution in [0.15, 0.2) is 24.3 Å². The van der Waals surface area contributed by atoms with Gasteiger partial charge in [-0.3, -0.25) is 14.5 Å². The molecule has 1 aromatic rings. The Morgan fingerprint density at radius 1 is 1.08 bits per heavy atom. The topological polar surface area (TPSA) is 40.6 Å². The van der Waals surface area contributed by atoms with E-state index in [4.69, 9.17) is 0 Å². The van der Waals surface area contributed by atoms with E-state index >= 15 is 0 Å². The van der Waals surface area contributed by atoms with Gasteiger partial charge in [-0.1, -0.05) is 20.8 Å². The Balaban J connectivity index is 1.59. The predicted octanol–water partition coefficient (Wildman–Crippen LogP) is 3.36. The molecule has 2 heterocycles. The van der Waals surface area contributed by atoms with Crippen LogP contribution in [0.4, 0.5) is 10.1 Å². The van der Waals surface area contributed by atoms with Crippen molar-refractivity contribution in [1.82, 2.24) is 4.90 Å².